The van der Waals surface area contributed by atoms with Crippen molar-refractivity contribution in [1.82, 2.24) is 5.32 Å². The monoisotopic (exact) mass is 488 g/mol. The van der Waals surface area contributed by atoms with E-state index in [2.05, 4.69) is 5.32 Å². The van der Waals surface area contributed by atoms with Crippen molar-refractivity contribution in [1.29, 1.82) is 0 Å². The molecule has 2 aromatic rings. The number of amides is 2. The van der Waals surface area contributed by atoms with Crippen LogP contribution in [0.3, 0.4) is 0 Å². The van der Waals surface area contributed by atoms with Crippen LogP contribution in [0.1, 0.15) is 17.3 Å². The van der Waals surface area contributed by atoms with E-state index < -0.39 is 35.3 Å². The summed E-state index contributed by atoms with van der Waals surface area (Å²) in [6, 6.07) is 8.40. The third kappa shape index (κ3) is 3.43. The Hall–Kier alpha value is -2.56. The standard InChI is InChI=1S/C23H24N2O6S2/c1-29-22(28)23(7-11-32-2)18-17(19(24-23)16-4-3-10-33-16)20(26)25(21(18)27)13-5-6-14-15(12-13)31-9-8-30-14/h3-6,10,12,17-19,24H,7-9,11H2,1-2H3. The smallest absolute Gasteiger partial charge is 0.326 e. The van der Waals surface area contributed by atoms with Crippen LogP contribution in [-0.4, -0.2) is 55.7 Å². The SMILES string of the molecule is COC(=O)C1(CCSC)NC(c2cccs2)C2C(=O)N(c3ccc4c(c3)OCCO4)C(=O)C21. The maximum absolute atomic E-state index is 13.9. The number of rotatable bonds is 6. The van der Waals surface area contributed by atoms with Crippen molar-refractivity contribution in [2.24, 2.45) is 11.8 Å². The van der Waals surface area contributed by atoms with Crippen LogP contribution in [0.5, 0.6) is 11.5 Å². The molecule has 0 radical (unpaired) electrons. The lowest BCUT2D eigenvalue weighted by Crippen LogP contribution is -2.56. The van der Waals surface area contributed by atoms with Crippen molar-refractivity contribution in [2.45, 2.75) is 18.0 Å². The minimum Gasteiger partial charge on any atom is -0.486 e. The van der Waals surface area contributed by atoms with Crippen LogP contribution < -0.4 is 19.7 Å². The minimum absolute atomic E-state index is 0.331. The maximum Gasteiger partial charge on any atom is 0.326 e. The van der Waals surface area contributed by atoms with Crippen LogP contribution in [0.4, 0.5) is 5.69 Å². The Morgan fingerprint density at radius 1 is 1.24 bits per heavy atom. The van der Waals surface area contributed by atoms with Crippen molar-refractivity contribution in [3.05, 3.63) is 40.6 Å². The molecule has 0 bridgehead atoms. The minimum atomic E-state index is -1.29. The van der Waals surface area contributed by atoms with Gasteiger partial charge in [0.1, 0.15) is 18.8 Å². The number of thiophene rings is 1. The van der Waals surface area contributed by atoms with Crippen molar-refractivity contribution in [2.75, 3.05) is 37.2 Å². The molecule has 8 nitrogen and oxygen atoms in total. The van der Waals surface area contributed by atoms with Gasteiger partial charge >= 0.3 is 5.97 Å². The zero-order valence-corrected chi connectivity index (χ0v) is 19.9. The highest BCUT2D eigenvalue weighted by molar-refractivity contribution is 7.98. The highest BCUT2D eigenvalue weighted by atomic mass is 32.2. The fourth-order valence-electron chi connectivity index (χ4n) is 5.11. The summed E-state index contributed by atoms with van der Waals surface area (Å²) in [5.41, 5.74) is -0.871. The Kier molecular flexibility index (Phi) is 5.84. The first-order chi connectivity index (χ1) is 16.0. The first-order valence-corrected chi connectivity index (χ1v) is 12.9. The molecular weight excluding hydrogens is 464 g/mol. The molecule has 1 N–H and O–H groups in total. The first kappa shape index (κ1) is 22.2. The number of methoxy groups -OCH3 is 1. The number of anilines is 1. The van der Waals surface area contributed by atoms with Crippen LogP contribution in [0.25, 0.3) is 0 Å². The summed E-state index contributed by atoms with van der Waals surface area (Å²) in [6.07, 6.45) is 2.31. The van der Waals surface area contributed by atoms with Crippen molar-refractivity contribution >= 4 is 46.6 Å². The van der Waals surface area contributed by atoms with Gasteiger partial charge in [-0.15, -0.1) is 11.3 Å². The van der Waals surface area contributed by atoms with Crippen LogP contribution in [0.2, 0.25) is 0 Å². The second-order valence-electron chi connectivity index (χ2n) is 8.19. The molecule has 2 amide bonds. The fraction of sp³-hybridized carbons (Fsp3) is 0.435. The first-order valence-electron chi connectivity index (χ1n) is 10.7. The molecule has 10 heteroatoms. The zero-order valence-electron chi connectivity index (χ0n) is 18.2. The van der Waals surface area contributed by atoms with E-state index in [0.29, 0.717) is 42.6 Å². The van der Waals surface area contributed by atoms with Crippen molar-refractivity contribution in [3.63, 3.8) is 0 Å². The van der Waals surface area contributed by atoms with E-state index in [4.69, 9.17) is 14.2 Å². The Labute approximate surface area is 199 Å². The number of nitrogens with one attached hydrogen (secondary N) is 1. The number of esters is 1. The predicted octanol–water partition coefficient (Wildman–Crippen LogP) is 2.63. The summed E-state index contributed by atoms with van der Waals surface area (Å²) < 4.78 is 16.4. The largest absolute Gasteiger partial charge is 0.486 e. The van der Waals surface area contributed by atoms with E-state index in [0.717, 1.165) is 4.88 Å². The topological polar surface area (TPSA) is 94.2 Å². The average molecular weight is 489 g/mol. The third-order valence-corrected chi connectivity index (χ3v) is 8.11. The van der Waals surface area contributed by atoms with Crippen LogP contribution in [0.15, 0.2) is 35.7 Å². The van der Waals surface area contributed by atoms with Crippen LogP contribution >= 0.6 is 23.1 Å². The van der Waals surface area contributed by atoms with Crippen LogP contribution in [-0.2, 0) is 19.1 Å². The van der Waals surface area contributed by atoms with Gasteiger partial charge in [0, 0.05) is 10.9 Å². The Balaban J connectivity index is 1.60. The molecule has 33 heavy (non-hydrogen) atoms. The number of imide groups is 1. The van der Waals surface area contributed by atoms with E-state index in [-0.39, 0.29) is 5.91 Å². The second-order valence-corrected chi connectivity index (χ2v) is 10.2. The third-order valence-electron chi connectivity index (χ3n) is 6.54. The summed E-state index contributed by atoms with van der Waals surface area (Å²) in [5, 5.41) is 5.31. The van der Waals surface area contributed by atoms with Crippen molar-refractivity contribution < 1.29 is 28.6 Å². The molecule has 2 fully saturated rings. The number of hydrogen-bond donors (Lipinski definition) is 1. The van der Waals surface area contributed by atoms with Gasteiger partial charge in [0.25, 0.3) is 0 Å². The lowest BCUT2D eigenvalue weighted by Gasteiger charge is -2.32. The number of hydrogen-bond acceptors (Lipinski definition) is 9. The molecule has 0 aliphatic carbocycles. The van der Waals surface area contributed by atoms with Gasteiger partial charge in [-0.25, -0.2) is 4.90 Å². The molecule has 2 saturated heterocycles. The summed E-state index contributed by atoms with van der Waals surface area (Å²) >= 11 is 3.07. The maximum atomic E-state index is 13.9. The molecule has 3 aliphatic heterocycles. The molecule has 1 aromatic heterocycles. The van der Waals surface area contributed by atoms with E-state index >= 15 is 0 Å². The number of thioether (sulfide) groups is 1. The number of carbonyl (C=O) groups excluding carboxylic acids is 3. The highest BCUT2D eigenvalue weighted by Crippen LogP contribution is 2.52. The van der Waals surface area contributed by atoms with E-state index in [1.165, 1.54) is 23.3 Å². The lowest BCUT2D eigenvalue weighted by molar-refractivity contribution is -0.152. The number of benzene rings is 1. The van der Waals surface area contributed by atoms with Gasteiger partial charge in [0.05, 0.1) is 30.7 Å². The molecule has 3 aliphatic rings. The summed E-state index contributed by atoms with van der Waals surface area (Å²) in [4.78, 5) is 42.9. The average Bonchev–Trinajstić information content (AvgIpc) is 3.54. The molecule has 0 spiro atoms. The number of carbonyl (C=O) groups is 3. The van der Waals surface area contributed by atoms with Gasteiger partial charge in [-0.3, -0.25) is 19.7 Å². The molecule has 4 heterocycles. The molecule has 4 unspecified atom stereocenters. The van der Waals surface area contributed by atoms with Gasteiger partial charge in [-0.2, -0.15) is 11.8 Å². The molecule has 0 saturated carbocycles. The van der Waals surface area contributed by atoms with Crippen molar-refractivity contribution in [3.8, 4) is 11.5 Å². The Morgan fingerprint density at radius 3 is 2.73 bits per heavy atom. The van der Waals surface area contributed by atoms with Crippen LogP contribution in [0, 0.1) is 11.8 Å². The van der Waals surface area contributed by atoms with Gasteiger partial charge in [0.2, 0.25) is 11.8 Å². The molecule has 5 rings (SSSR count). The summed E-state index contributed by atoms with van der Waals surface area (Å²) in [7, 11) is 1.32. The number of nitrogens with zero attached hydrogens (tertiary/aromatic N) is 1. The predicted molar refractivity (Wildman–Crippen MR) is 125 cm³/mol. The summed E-state index contributed by atoms with van der Waals surface area (Å²) in [5.74, 6) is -1.14. The zero-order chi connectivity index (χ0) is 23.2. The summed E-state index contributed by atoms with van der Waals surface area (Å²) in [6.45, 7) is 0.845. The molecular formula is C23H24N2O6S2. The van der Waals surface area contributed by atoms with Gasteiger partial charge in [-0.05, 0) is 42.0 Å². The fourth-order valence-corrected chi connectivity index (χ4v) is 6.45. The molecule has 1 aromatic carbocycles. The van der Waals surface area contributed by atoms with Gasteiger partial charge in [-0.1, -0.05) is 6.07 Å². The second kappa shape index (κ2) is 8.66. The van der Waals surface area contributed by atoms with Gasteiger partial charge < -0.3 is 14.2 Å². The quantitative estimate of drug-likeness (QED) is 0.490. The van der Waals surface area contributed by atoms with E-state index in [9.17, 15) is 14.4 Å². The Morgan fingerprint density at radius 2 is 2.03 bits per heavy atom. The Bertz CT molecular complexity index is 1090. The lowest BCUT2D eigenvalue weighted by atomic mass is 9.78. The normalized spacial score (nSPS) is 28.2. The highest BCUT2D eigenvalue weighted by Gasteiger charge is 2.68. The van der Waals surface area contributed by atoms with E-state index in [1.807, 2.05) is 23.8 Å². The number of ether oxygens (including phenoxy) is 3. The molecule has 4 atom stereocenters. The van der Waals surface area contributed by atoms with Gasteiger partial charge in [0.15, 0.2) is 11.5 Å². The number of fused-ring (bicyclic) bond motifs is 2. The van der Waals surface area contributed by atoms with E-state index in [1.54, 1.807) is 30.0 Å². The molecule has 174 valence electrons.